The topological polar surface area (TPSA) is 63.6 Å². The summed E-state index contributed by atoms with van der Waals surface area (Å²) in [4.78, 5) is 23.3. The number of aliphatic hydroxyl groups is 1. The smallest absolute Gasteiger partial charge is 0.346 e. The Morgan fingerprint density at radius 1 is 1.56 bits per heavy atom. The number of fused-ring (bicyclic) bond motifs is 1. The Labute approximate surface area is 100 Å². The molecule has 0 bridgehead atoms. The van der Waals surface area contributed by atoms with E-state index in [1.807, 2.05) is 0 Å². The minimum absolute atomic E-state index is 0.0267. The first kappa shape index (κ1) is 11.3. The summed E-state index contributed by atoms with van der Waals surface area (Å²) in [6, 6.07) is 5.06. The monoisotopic (exact) mass is 284 g/mol. The molecule has 0 radical (unpaired) electrons. The van der Waals surface area contributed by atoms with Crippen LogP contribution in [0, 0.1) is 0 Å². The van der Waals surface area contributed by atoms with Crippen LogP contribution in [0.1, 0.15) is 15.9 Å². The highest BCUT2D eigenvalue weighted by molar-refractivity contribution is 9.10. The maximum atomic E-state index is 11.9. The number of Topliss-reactive ketones (excluding diaryl/α,β-unsaturated/α-hetero) is 1. The summed E-state index contributed by atoms with van der Waals surface area (Å²) in [5, 5.41) is 10.0. The molecule has 0 fully saturated rings. The number of carbonyl (C=O) groups is 2. The number of methoxy groups -OCH3 is 1. The second kappa shape index (κ2) is 3.68. The molecule has 2 rings (SSSR count). The van der Waals surface area contributed by atoms with Gasteiger partial charge in [0.25, 0.3) is 0 Å². The van der Waals surface area contributed by atoms with E-state index in [0.717, 1.165) is 11.6 Å². The van der Waals surface area contributed by atoms with E-state index in [4.69, 9.17) is 0 Å². The van der Waals surface area contributed by atoms with Crippen LogP contribution in [-0.2, 0) is 16.0 Å². The number of carbonyl (C=O) groups excluding carboxylic acids is 2. The molecule has 1 aromatic rings. The molecule has 1 aliphatic carbocycles. The molecule has 0 heterocycles. The SMILES string of the molecule is COC(=O)[C@]1(O)Cc2ccc(Br)cc2C1=O. The Morgan fingerprint density at radius 2 is 2.25 bits per heavy atom. The molecular formula is C11H9BrO4. The minimum atomic E-state index is -2.06. The van der Waals surface area contributed by atoms with Gasteiger partial charge in [-0.2, -0.15) is 0 Å². The van der Waals surface area contributed by atoms with E-state index in [0.29, 0.717) is 11.1 Å². The van der Waals surface area contributed by atoms with E-state index in [-0.39, 0.29) is 6.42 Å². The Balaban J connectivity index is 2.49. The fourth-order valence-corrected chi connectivity index (χ4v) is 2.19. The van der Waals surface area contributed by atoms with Crippen LogP contribution >= 0.6 is 15.9 Å². The van der Waals surface area contributed by atoms with Crippen molar-refractivity contribution in [3.63, 3.8) is 0 Å². The largest absolute Gasteiger partial charge is 0.467 e. The number of benzene rings is 1. The van der Waals surface area contributed by atoms with Gasteiger partial charge in [0.05, 0.1) is 7.11 Å². The molecule has 0 saturated carbocycles. The van der Waals surface area contributed by atoms with E-state index in [1.54, 1.807) is 18.2 Å². The first-order chi connectivity index (χ1) is 7.49. The first-order valence-corrected chi connectivity index (χ1v) is 5.42. The lowest BCUT2D eigenvalue weighted by molar-refractivity contribution is -0.156. The van der Waals surface area contributed by atoms with Gasteiger partial charge in [-0.25, -0.2) is 4.79 Å². The summed E-state index contributed by atoms with van der Waals surface area (Å²) in [5.74, 6) is -1.51. The lowest BCUT2D eigenvalue weighted by atomic mass is 10.00. The van der Waals surface area contributed by atoms with Gasteiger partial charge in [0, 0.05) is 16.5 Å². The Kier molecular flexibility index (Phi) is 2.59. The molecule has 0 saturated heterocycles. The zero-order valence-corrected chi connectivity index (χ0v) is 10.1. The fraction of sp³-hybridized carbons (Fsp3) is 0.273. The maximum Gasteiger partial charge on any atom is 0.346 e. The average Bonchev–Trinajstić information content (AvgIpc) is 2.52. The second-order valence-corrected chi connectivity index (χ2v) is 4.57. The van der Waals surface area contributed by atoms with Crippen LogP contribution in [0.4, 0.5) is 0 Å². The third-order valence-corrected chi connectivity index (χ3v) is 3.15. The highest BCUT2D eigenvalue weighted by atomic mass is 79.9. The minimum Gasteiger partial charge on any atom is -0.467 e. The number of halogens is 1. The Bertz CT molecular complexity index is 483. The molecule has 0 aliphatic heterocycles. The van der Waals surface area contributed by atoms with Crippen molar-refractivity contribution in [3.05, 3.63) is 33.8 Å². The third-order valence-electron chi connectivity index (χ3n) is 2.66. The molecule has 4 nitrogen and oxygen atoms in total. The van der Waals surface area contributed by atoms with Crippen LogP contribution < -0.4 is 0 Å². The molecule has 0 amide bonds. The molecule has 0 aromatic heterocycles. The molecule has 16 heavy (non-hydrogen) atoms. The predicted octanol–water partition coefficient (Wildman–Crippen LogP) is 1.09. The zero-order valence-electron chi connectivity index (χ0n) is 8.49. The number of ketones is 1. The fourth-order valence-electron chi connectivity index (χ4n) is 1.83. The summed E-state index contributed by atoms with van der Waals surface area (Å²) in [5.41, 5.74) is -1.04. The van der Waals surface area contributed by atoms with Gasteiger partial charge in [0.2, 0.25) is 11.4 Å². The standard InChI is InChI=1S/C11H9BrO4/c1-16-10(14)11(15)5-6-2-3-7(12)4-8(6)9(11)13/h2-4,15H,5H2,1H3/t11-/m0/s1. The molecule has 84 valence electrons. The van der Waals surface area contributed by atoms with Gasteiger partial charge in [0.1, 0.15) is 0 Å². The number of hydrogen-bond donors (Lipinski definition) is 1. The highest BCUT2D eigenvalue weighted by Crippen LogP contribution is 2.32. The normalized spacial score (nSPS) is 23.1. The maximum absolute atomic E-state index is 11.9. The lowest BCUT2D eigenvalue weighted by Crippen LogP contribution is -2.45. The van der Waals surface area contributed by atoms with Crippen LogP contribution in [0.2, 0.25) is 0 Å². The van der Waals surface area contributed by atoms with Gasteiger partial charge in [-0.05, 0) is 17.7 Å². The number of hydrogen-bond acceptors (Lipinski definition) is 4. The van der Waals surface area contributed by atoms with Gasteiger partial charge in [-0.15, -0.1) is 0 Å². The summed E-state index contributed by atoms with van der Waals surface area (Å²) >= 11 is 3.23. The number of rotatable bonds is 1. The first-order valence-electron chi connectivity index (χ1n) is 4.63. The number of esters is 1. The predicted molar refractivity (Wildman–Crippen MR) is 59.1 cm³/mol. The third kappa shape index (κ3) is 1.47. The van der Waals surface area contributed by atoms with Crippen LogP contribution in [-0.4, -0.2) is 29.6 Å². The molecular weight excluding hydrogens is 276 g/mol. The summed E-state index contributed by atoms with van der Waals surface area (Å²) in [6.07, 6.45) is -0.0267. The molecule has 0 spiro atoms. The Hall–Kier alpha value is -1.20. The molecule has 1 atom stereocenters. The summed E-state index contributed by atoms with van der Waals surface area (Å²) in [6.45, 7) is 0. The van der Waals surface area contributed by atoms with Gasteiger partial charge < -0.3 is 9.84 Å². The molecule has 1 aromatic carbocycles. The molecule has 0 unspecified atom stereocenters. The lowest BCUT2D eigenvalue weighted by Gasteiger charge is -2.16. The van der Waals surface area contributed by atoms with Crippen LogP contribution in [0.25, 0.3) is 0 Å². The van der Waals surface area contributed by atoms with Gasteiger partial charge in [0.15, 0.2) is 0 Å². The van der Waals surface area contributed by atoms with Crippen molar-refractivity contribution in [2.75, 3.05) is 7.11 Å². The van der Waals surface area contributed by atoms with Crippen molar-refractivity contribution < 1.29 is 19.4 Å². The van der Waals surface area contributed by atoms with Crippen molar-refractivity contribution in [2.45, 2.75) is 12.0 Å². The highest BCUT2D eigenvalue weighted by Gasteiger charge is 2.51. The molecule has 5 heteroatoms. The van der Waals surface area contributed by atoms with Crippen LogP contribution in [0.15, 0.2) is 22.7 Å². The van der Waals surface area contributed by atoms with Crippen molar-refractivity contribution >= 4 is 27.7 Å². The van der Waals surface area contributed by atoms with Crippen molar-refractivity contribution in [3.8, 4) is 0 Å². The van der Waals surface area contributed by atoms with Crippen molar-refractivity contribution in [2.24, 2.45) is 0 Å². The van der Waals surface area contributed by atoms with Gasteiger partial charge in [-0.1, -0.05) is 22.0 Å². The number of ether oxygens (including phenoxy) is 1. The summed E-state index contributed by atoms with van der Waals surface area (Å²) < 4.78 is 5.18. The van der Waals surface area contributed by atoms with Crippen molar-refractivity contribution in [1.29, 1.82) is 0 Å². The second-order valence-electron chi connectivity index (χ2n) is 3.66. The van der Waals surface area contributed by atoms with E-state index in [2.05, 4.69) is 20.7 Å². The van der Waals surface area contributed by atoms with Crippen LogP contribution in [0.3, 0.4) is 0 Å². The molecule has 1 aliphatic rings. The molecule has 1 N–H and O–H groups in total. The van der Waals surface area contributed by atoms with E-state index < -0.39 is 17.4 Å². The van der Waals surface area contributed by atoms with E-state index in [9.17, 15) is 14.7 Å². The van der Waals surface area contributed by atoms with Gasteiger partial charge >= 0.3 is 5.97 Å². The Morgan fingerprint density at radius 3 is 2.88 bits per heavy atom. The van der Waals surface area contributed by atoms with E-state index >= 15 is 0 Å². The quantitative estimate of drug-likeness (QED) is 0.619. The van der Waals surface area contributed by atoms with Crippen LogP contribution in [0.5, 0.6) is 0 Å². The van der Waals surface area contributed by atoms with Crippen molar-refractivity contribution in [1.82, 2.24) is 0 Å². The summed E-state index contributed by atoms with van der Waals surface area (Å²) in [7, 11) is 1.15. The van der Waals surface area contributed by atoms with Gasteiger partial charge in [-0.3, -0.25) is 4.79 Å². The zero-order chi connectivity index (χ0) is 11.9. The van der Waals surface area contributed by atoms with E-state index in [1.165, 1.54) is 0 Å². The average molecular weight is 285 g/mol.